The third kappa shape index (κ3) is 5.01. The van der Waals surface area contributed by atoms with E-state index < -0.39 is 12.1 Å². The van der Waals surface area contributed by atoms with E-state index in [4.69, 9.17) is 4.74 Å². The maximum atomic E-state index is 13.1. The van der Waals surface area contributed by atoms with Gasteiger partial charge >= 0.3 is 6.18 Å². The van der Waals surface area contributed by atoms with Crippen LogP contribution in [0.5, 0.6) is 0 Å². The first-order chi connectivity index (χ1) is 12.4. The second-order valence-electron chi connectivity index (χ2n) is 8.12. The fraction of sp³-hybridized carbons (Fsp3) is 0.714. The standard InChI is InChI=1S/C21H30F3NO/c1-20(26-16-17-8-3-2-4-9-17)12-5-6-13-25(20)15-18-10-7-11-19(14-18)21(22,23)24/h2-4,8-9,18-19H,5-7,10-16H2,1H3. The van der Waals surface area contributed by atoms with Crippen molar-refractivity contribution in [3.8, 4) is 0 Å². The van der Waals surface area contributed by atoms with Gasteiger partial charge in [-0.1, -0.05) is 36.8 Å². The number of ether oxygens (including phenoxy) is 1. The molecule has 0 bridgehead atoms. The van der Waals surface area contributed by atoms with Crippen molar-refractivity contribution in [1.82, 2.24) is 4.90 Å². The zero-order valence-corrected chi connectivity index (χ0v) is 15.6. The molecule has 1 heterocycles. The van der Waals surface area contributed by atoms with E-state index in [-0.39, 0.29) is 18.1 Å². The second kappa shape index (κ2) is 8.30. The smallest absolute Gasteiger partial charge is 0.356 e. The van der Waals surface area contributed by atoms with Gasteiger partial charge in [-0.15, -0.1) is 0 Å². The van der Waals surface area contributed by atoms with Crippen LogP contribution in [0.4, 0.5) is 13.2 Å². The van der Waals surface area contributed by atoms with Gasteiger partial charge in [0.2, 0.25) is 0 Å². The van der Waals surface area contributed by atoms with E-state index in [0.29, 0.717) is 19.4 Å². The first-order valence-corrected chi connectivity index (χ1v) is 9.86. The summed E-state index contributed by atoms with van der Waals surface area (Å²) in [5.41, 5.74) is 0.758. The van der Waals surface area contributed by atoms with Gasteiger partial charge in [-0.2, -0.15) is 13.2 Å². The van der Waals surface area contributed by atoms with Gasteiger partial charge in [0.25, 0.3) is 0 Å². The monoisotopic (exact) mass is 369 g/mol. The number of hydrogen-bond acceptors (Lipinski definition) is 2. The lowest BCUT2D eigenvalue weighted by Gasteiger charge is -2.46. The van der Waals surface area contributed by atoms with Crippen LogP contribution in [0.1, 0.15) is 57.4 Å². The van der Waals surface area contributed by atoms with Gasteiger partial charge in [-0.25, -0.2) is 0 Å². The summed E-state index contributed by atoms with van der Waals surface area (Å²) < 4.78 is 45.7. The van der Waals surface area contributed by atoms with Crippen LogP contribution in [-0.2, 0) is 11.3 Å². The number of rotatable bonds is 5. The summed E-state index contributed by atoms with van der Waals surface area (Å²) in [7, 11) is 0. The Morgan fingerprint density at radius 1 is 1.12 bits per heavy atom. The Labute approximate surface area is 154 Å². The van der Waals surface area contributed by atoms with E-state index in [1.807, 2.05) is 30.3 Å². The zero-order valence-electron chi connectivity index (χ0n) is 15.6. The molecule has 5 heteroatoms. The maximum Gasteiger partial charge on any atom is 0.391 e. The van der Waals surface area contributed by atoms with Crippen molar-refractivity contribution in [3.05, 3.63) is 35.9 Å². The molecule has 0 radical (unpaired) electrons. The lowest BCUT2D eigenvalue weighted by atomic mass is 9.80. The molecular formula is C21H30F3NO. The number of benzene rings is 1. The van der Waals surface area contributed by atoms with E-state index in [1.54, 1.807) is 0 Å². The van der Waals surface area contributed by atoms with Crippen molar-refractivity contribution in [2.75, 3.05) is 13.1 Å². The molecule has 1 aromatic carbocycles. The molecule has 2 aliphatic rings. The van der Waals surface area contributed by atoms with E-state index in [0.717, 1.165) is 44.3 Å². The predicted molar refractivity (Wildman–Crippen MR) is 96.6 cm³/mol. The minimum absolute atomic E-state index is 0.119. The average molecular weight is 369 g/mol. The Bertz CT molecular complexity index is 562. The summed E-state index contributed by atoms with van der Waals surface area (Å²) in [6.45, 7) is 4.29. The molecule has 0 spiro atoms. The van der Waals surface area contributed by atoms with Gasteiger partial charge in [-0.05, 0) is 56.9 Å². The van der Waals surface area contributed by atoms with Crippen molar-refractivity contribution in [2.24, 2.45) is 11.8 Å². The van der Waals surface area contributed by atoms with E-state index >= 15 is 0 Å². The van der Waals surface area contributed by atoms with Gasteiger partial charge < -0.3 is 4.74 Å². The Kier molecular flexibility index (Phi) is 6.29. The maximum absolute atomic E-state index is 13.1. The predicted octanol–water partition coefficient (Wildman–Crippen LogP) is 5.77. The van der Waals surface area contributed by atoms with Gasteiger partial charge in [0.05, 0.1) is 12.5 Å². The van der Waals surface area contributed by atoms with E-state index in [9.17, 15) is 13.2 Å². The van der Waals surface area contributed by atoms with Crippen molar-refractivity contribution in [1.29, 1.82) is 0 Å². The van der Waals surface area contributed by atoms with Crippen LogP contribution in [0.15, 0.2) is 30.3 Å². The van der Waals surface area contributed by atoms with Crippen molar-refractivity contribution in [3.63, 3.8) is 0 Å². The number of alkyl halides is 3. The van der Waals surface area contributed by atoms with E-state index in [1.165, 1.54) is 0 Å². The Morgan fingerprint density at radius 2 is 1.88 bits per heavy atom. The quantitative estimate of drug-likeness (QED) is 0.653. The summed E-state index contributed by atoms with van der Waals surface area (Å²) in [4.78, 5) is 2.31. The van der Waals surface area contributed by atoms with Crippen LogP contribution in [0.25, 0.3) is 0 Å². The Balaban J connectivity index is 1.61. The highest BCUT2D eigenvalue weighted by molar-refractivity contribution is 5.13. The molecule has 1 saturated heterocycles. The molecule has 0 aromatic heterocycles. The van der Waals surface area contributed by atoms with Gasteiger partial charge in [-0.3, -0.25) is 4.90 Å². The molecule has 2 fully saturated rings. The molecule has 1 aliphatic heterocycles. The number of likely N-dealkylation sites (tertiary alicyclic amines) is 1. The number of nitrogens with zero attached hydrogens (tertiary/aromatic N) is 1. The molecule has 1 aromatic rings. The average Bonchev–Trinajstić information content (AvgIpc) is 2.63. The zero-order chi connectivity index (χ0) is 18.6. The van der Waals surface area contributed by atoms with Crippen LogP contribution in [0.3, 0.4) is 0 Å². The van der Waals surface area contributed by atoms with Crippen LogP contribution in [0, 0.1) is 11.8 Å². The Morgan fingerprint density at radius 3 is 2.62 bits per heavy atom. The van der Waals surface area contributed by atoms with Gasteiger partial charge in [0, 0.05) is 13.1 Å². The summed E-state index contributed by atoms with van der Waals surface area (Å²) in [5, 5.41) is 0. The van der Waals surface area contributed by atoms with Crippen LogP contribution in [-0.4, -0.2) is 29.9 Å². The SMILES string of the molecule is CC1(OCc2ccccc2)CCCCN1CC1CCCC(C(F)(F)F)C1. The minimum Gasteiger partial charge on any atom is -0.356 e. The third-order valence-electron chi connectivity index (χ3n) is 6.10. The third-order valence-corrected chi connectivity index (χ3v) is 6.10. The summed E-state index contributed by atoms with van der Waals surface area (Å²) >= 11 is 0. The van der Waals surface area contributed by atoms with Crippen LogP contribution in [0.2, 0.25) is 0 Å². The highest BCUT2D eigenvalue weighted by Crippen LogP contribution is 2.41. The van der Waals surface area contributed by atoms with E-state index in [2.05, 4.69) is 11.8 Å². The number of hydrogen-bond donors (Lipinski definition) is 0. The fourth-order valence-electron chi connectivity index (χ4n) is 4.48. The number of halogens is 3. The van der Waals surface area contributed by atoms with Crippen LogP contribution < -0.4 is 0 Å². The highest BCUT2D eigenvalue weighted by Gasteiger charge is 2.43. The highest BCUT2D eigenvalue weighted by atomic mass is 19.4. The first-order valence-electron chi connectivity index (χ1n) is 9.86. The second-order valence-corrected chi connectivity index (χ2v) is 8.12. The molecule has 1 aliphatic carbocycles. The normalized spacial score (nSPS) is 31.1. The molecule has 3 rings (SSSR count). The topological polar surface area (TPSA) is 12.5 Å². The number of piperidine rings is 1. The molecule has 1 saturated carbocycles. The molecule has 146 valence electrons. The lowest BCUT2D eigenvalue weighted by molar-refractivity contribution is -0.194. The Hall–Kier alpha value is -1.07. The van der Waals surface area contributed by atoms with Crippen molar-refractivity contribution >= 4 is 0 Å². The largest absolute Gasteiger partial charge is 0.391 e. The van der Waals surface area contributed by atoms with Crippen molar-refractivity contribution < 1.29 is 17.9 Å². The van der Waals surface area contributed by atoms with Gasteiger partial charge in [0.15, 0.2) is 0 Å². The molecule has 3 unspecified atom stereocenters. The lowest BCUT2D eigenvalue weighted by Crippen LogP contribution is -2.53. The van der Waals surface area contributed by atoms with Crippen molar-refractivity contribution in [2.45, 2.75) is 70.4 Å². The molecule has 3 atom stereocenters. The molecule has 0 N–H and O–H groups in total. The van der Waals surface area contributed by atoms with Crippen LogP contribution >= 0.6 is 0 Å². The first kappa shape index (κ1) is 19.7. The molecule has 2 nitrogen and oxygen atoms in total. The summed E-state index contributed by atoms with van der Waals surface area (Å²) in [5.74, 6) is -1.00. The molecular weight excluding hydrogens is 339 g/mol. The molecule has 26 heavy (non-hydrogen) atoms. The summed E-state index contributed by atoms with van der Waals surface area (Å²) in [6.07, 6.45) is 1.25. The van der Waals surface area contributed by atoms with Gasteiger partial charge in [0.1, 0.15) is 5.72 Å². The minimum atomic E-state index is -4.05. The summed E-state index contributed by atoms with van der Waals surface area (Å²) in [6, 6.07) is 10.1. The molecule has 0 amide bonds. The fourth-order valence-corrected chi connectivity index (χ4v) is 4.48.